The highest BCUT2D eigenvalue weighted by atomic mass is 16.5. The average molecular weight is 664 g/mol. The molecule has 3 fully saturated rings. The van der Waals surface area contributed by atoms with Crippen molar-refractivity contribution in [3.63, 3.8) is 0 Å². The van der Waals surface area contributed by atoms with Crippen LogP contribution in [0.2, 0.25) is 0 Å². The first kappa shape index (κ1) is 32.8. The van der Waals surface area contributed by atoms with Crippen LogP contribution in [-0.4, -0.2) is 71.9 Å². The number of methoxy groups -OCH3 is 1. The van der Waals surface area contributed by atoms with Crippen LogP contribution in [-0.2, 0) is 22.4 Å². The number of nitrogens with one attached hydrogen (secondary N) is 2. The van der Waals surface area contributed by atoms with Gasteiger partial charge in [-0.25, -0.2) is 9.97 Å². The summed E-state index contributed by atoms with van der Waals surface area (Å²) in [6.45, 7) is 8.17. The van der Waals surface area contributed by atoms with E-state index in [-0.39, 0.29) is 17.5 Å². The zero-order valence-corrected chi connectivity index (χ0v) is 28.2. The molecule has 4 aliphatic rings. The van der Waals surface area contributed by atoms with Crippen LogP contribution in [0.5, 0.6) is 5.75 Å². The van der Waals surface area contributed by atoms with Gasteiger partial charge in [0.2, 0.25) is 11.8 Å². The van der Waals surface area contributed by atoms with E-state index in [1.165, 1.54) is 23.1 Å². The van der Waals surface area contributed by atoms with Crippen molar-refractivity contribution in [2.75, 3.05) is 43.5 Å². The molecule has 4 heterocycles. The van der Waals surface area contributed by atoms with Crippen LogP contribution in [0.25, 0.3) is 5.57 Å². The van der Waals surface area contributed by atoms with E-state index in [9.17, 15) is 14.4 Å². The molecule has 3 saturated heterocycles. The Labute approximate surface area is 287 Å². The smallest absolute Gasteiger partial charge is 0.271 e. The second-order valence-corrected chi connectivity index (χ2v) is 13.8. The molecule has 0 spiro atoms. The van der Waals surface area contributed by atoms with Gasteiger partial charge in [-0.3, -0.25) is 24.6 Å². The fourth-order valence-corrected chi connectivity index (χ4v) is 8.10. The summed E-state index contributed by atoms with van der Waals surface area (Å²) in [5, 5.41) is 5.76. The maximum absolute atomic E-state index is 12.6. The molecule has 0 radical (unpaired) electrons. The minimum Gasteiger partial charge on any atom is -0.496 e. The summed E-state index contributed by atoms with van der Waals surface area (Å²) in [6, 6.07) is 13.0. The van der Waals surface area contributed by atoms with Gasteiger partial charge in [0, 0.05) is 36.8 Å². The van der Waals surface area contributed by atoms with Gasteiger partial charge in [-0.15, -0.1) is 0 Å². The van der Waals surface area contributed by atoms with E-state index in [2.05, 4.69) is 50.2 Å². The van der Waals surface area contributed by atoms with E-state index in [4.69, 9.17) is 15.5 Å². The predicted octanol–water partition coefficient (Wildman–Crippen LogP) is 4.73. The Bertz CT molecular complexity index is 1760. The van der Waals surface area contributed by atoms with Crippen LogP contribution in [0.1, 0.15) is 83.6 Å². The normalized spacial score (nSPS) is 21.6. The minimum absolute atomic E-state index is 0.138. The number of benzene rings is 2. The number of ether oxygens (including phenoxy) is 1. The average Bonchev–Trinajstić information content (AvgIpc) is 3.56. The van der Waals surface area contributed by atoms with Gasteiger partial charge in [-0.05, 0) is 105 Å². The van der Waals surface area contributed by atoms with Crippen molar-refractivity contribution in [2.45, 2.75) is 69.7 Å². The lowest BCUT2D eigenvalue weighted by atomic mass is 9.85. The van der Waals surface area contributed by atoms with Crippen LogP contribution in [0.4, 0.5) is 17.3 Å². The number of imide groups is 1. The summed E-state index contributed by atoms with van der Waals surface area (Å²) < 4.78 is 5.95. The third kappa shape index (κ3) is 6.76. The van der Waals surface area contributed by atoms with E-state index < -0.39 is 11.8 Å². The van der Waals surface area contributed by atoms with E-state index in [0.717, 1.165) is 87.5 Å². The fourth-order valence-electron chi connectivity index (χ4n) is 8.10. The molecule has 1 aliphatic carbocycles. The van der Waals surface area contributed by atoms with Gasteiger partial charge in [0.1, 0.15) is 11.6 Å². The van der Waals surface area contributed by atoms with Crippen LogP contribution >= 0.6 is 0 Å². The number of rotatable bonds is 9. The minimum atomic E-state index is -0.606. The highest BCUT2D eigenvalue weighted by Crippen LogP contribution is 2.42. The predicted molar refractivity (Wildman–Crippen MR) is 189 cm³/mol. The monoisotopic (exact) mass is 663 g/mol. The number of aromatic nitrogens is 2. The maximum atomic E-state index is 12.6. The van der Waals surface area contributed by atoms with Gasteiger partial charge in [0.05, 0.1) is 19.2 Å². The number of nitrogens with two attached hydrogens (primary N) is 1. The molecule has 49 heavy (non-hydrogen) atoms. The molecule has 0 saturated carbocycles. The van der Waals surface area contributed by atoms with Crippen LogP contribution in [0, 0.1) is 5.92 Å². The van der Waals surface area contributed by atoms with Gasteiger partial charge in [0.25, 0.3) is 5.91 Å². The quantitative estimate of drug-likeness (QED) is 0.277. The molecule has 256 valence electrons. The molecule has 7 rings (SSSR count). The van der Waals surface area contributed by atoms with Crippen molar-refractivity contribution in [3.8, 4) is 5.75 Å². The number of primary amides is 1. The number of carbonyl (C=O) groups excluding carboxylic acids is 3. The number of nitrogens with zero attached hydrogens (tertiary/aromatic N) is 4. The van der Waals surface area contributed by atoms with Crippen molar-refractivity contribution in [3.05, 3.63) is 77.1 Å². The van der Waals surface area contributed by atoms with Crippen LogP contribution < -0.4 is 26.0 Å². The summed E-state index contributed by atoms with van der Waals surface area (Å²) in [6.07, 6.45) is 9.91. The summed E-state index contributed by atoms with van der Waals surface area (Å²) in [5.41, 5.74) is 12.0. The van der Waals surface area contributed by atoms with Crippen molar-refractivity contribution in [2.24, 2.45) is 11.7 Å². The summed E-state index contributed by atoms with van der Waals surface area (Å²) in [4.78, 5) is 50.3. The molecule has 0 bridgehead atoms. The molecule has 4 N–H and O–H groups in total. The lowest BCUT2D eigenvalue weighted by Crippen LogP contribution is -2.41. The largest absolute Gasteiger partial charge is 0.496 e. The lowest BCUT2D eigenvalue weighted by molar-refractivity contribution is -0.134. The zero-order valence-electron chi connectivity index (χ0n) is 28.2. The number of likely N-dealkylation sites (tertiary alicyclic amines) is 1. The number of hydrogen-bond acceptors (Lipinski definition) is 9. The molecule has 11 heteroatoms. The summed E-state index contributed by atoms with van der Waals surface area (Å²) >= 11 is 0. The first-order chi connectivity index (χ1) is 23.8. The maximum Gasteiger partial charge on any atom is 0.271 e. The van der Waals surface area contributed by atoms with Crippen molar-refractivity contribution >= 4 is 40.6 Å². The summed E-state index contributed by atoms with van der Waals surface area (Å²) in [7, 11) is 1.69. The van der Waals surface area contributed by atoms with E-state index >= 15 is 0 Å². The Kier molecular flexibility index (Phi) is 9.35. The fraction of sp³-hybridized carbons (Fsp3) is 0.447. The van der Waals surface area contributed by atoms with E-state index in [0.29, 0.717) is 36.2 Å². The highest BCUT2D eigenvalue weighted by molar-refractivity contribution is 6.04. The topological polar surface area (TPSA) is 143 Å². The molecule has 1 aromatic heterocycles. The van der Waals surface area contributed by atoms with Crippen LogP contribution in [0.15, 0.2) is 49.2 Å². The number of amides is 3. The Morgan fingerprint density at radius 2 is 1.76 bits per heavy atom. The first-order valence-corrected chi connectivity index (χ1v) is 17.5. The Hall–Kier alpha value is -4.77. The SMILES string of the molecule is C=C(c1ccc2c(c1OC)CC(N1CCC(c3ccc(Nc4nc(N5CCCCC5)cnc4C(N)=O)cc3)CC1)C2)C1CCC(=O)NC1=O. The van der Waals surface area contributed by atoms with Crippen molar-refractivity contribution < 1.29 is 19.1 Å². The lowest BCUT2D eigenvalue weighted by Gasteiger charge is -2.36. The van der Waals surface area contributed by atoms with Crippen molar-refractivity contribution in [1.29, 1.82) is 0 Å². The van der Waals surface area contributed by atoms with Gasteiger partial charge in [0.15, 0.2) is 11.5 Å². The Morgan fingerprint density at radius 1 is 1.00 bits per heavy atom. The zero-order chi connectivity index (χ0) is 34.1. The van der Waals surface area contributed by atoms with Gasteiger partial charge >= 0.3 is 0 Å². The molecule has 2 unspecified atom stereocenters. The molecule has 2 atom stereocenters. The standard InChI is InChI=1S/C38H45N7O4/c1-23(30-12-13-33(46)43-38(30)48)29-11-8-26-20-28(21-31(26)35(29)49-2)44-18-14-25(15-19-44)24-6-9-27(10-7-24)41-37-34(36(39)47)40-22-32(42-37)45-16-4-3-5-17-45/h6-11,22,25,28,30H,1,3-5,12-21H2,2H3,(H2,39,47)(H,41,42)(H,43,46,48). The highest BCUT2D eigenvalue weighted by Gasteiger charge is 2.35. The number of carbonyl (C=O) groups is 3. The van der Waals surface area contributed by atoms with E-state index in [1.54, 1.807) is 13.3 Å². The van der Waals surface area contributed by atoms with Crippen molar-refractivity contribution in [1.82, 2.24) is 20.2 Å². The third-order valence-electron chi connectivity index (χ3n) is 10.8. The molecular formula is C38H45N7O4. The van der Waals surface area contributed by atoms with Gasteiger partial charge in [-0.2, -0.15) is 0 Å². The summed E-state index contributed by atoms with van der Waals surface area (Å²) in [5.74, 6) is 0.889. The molecule has 11 nitrogen and oxygen atoms in total. The third-order valence-corrected chi connectivity index (χ3v) is 10.8. The van der Waals surface area contributed by atoms with Crippen LogP contribution in [0.3, 0.4) is 0 Å². The molecule has 3 amide bonds. The Morgan fingerprint density at radius 3 is 2.45 bits per heavy atom. The second-order valence-electron chi connectivity index (χ2n) is 13.8. The number of hydrogen-bond donors (Lipinski definition) is 3. The molecular weight excluding hydrogens is 618 g/mol. The van der Waals surface area contributed by atoms with Gasteiger partial charge < -0.3 is 20.7 Å². The molecule has 2 aromatic carbocycles. The number of fused-ring (bicyclic) bond motifs is 1. The molecule has 3 aromatic rings. The first-order valence-electron chi connectivity index (χ1n) is 17.5. The Balaban J connectivity index is 0.973. The van der Waals surface area contributed by atoms with E-state index in [1.807, 2.05) is 18.2 Å². The molecule has 3 aliphatic heterocycles. The number of piperidine rings is 3. The second kappa shape index (κ2) is 14.0. The number of anilines is 3. The van der Waals surface area contributed by atoms with Gasteiger partial charge in [-0.1, -0.05) is 30.8 Å².